The van der Waals surface area contributed by atoms with Gasteiger partial charge in [-0.2, -0.15) is 0 Å². The predicted molar refractivity (Wildman–Crippen MR) is 48.9 cm³/mol. The Kier molecular flexibility index (Phi) is 1.66. The van der Waals surface area contributed by atoms with Gasteiger partial charge in [0, 0.05) is 5.39 Å². The summed E-state index contributed by atoms with van der Waals surface area (Å²) < 4.78 is 5.20. The highest BCUT2D eigenvalue weighted by Gasteiger charge is 2.08. The van der Waals surface area contributed by atoms with Gasteiger partial charge in [-0.05, 0) is 12.1 Å². The molecule has 0 aliphatic rings. The Morgan fingerprint density at radius 3 is 2.75 bits per heavy atom. The molecule has 0 saturated heterocycles. The molecule has 2 aromatic rings. The lowest BCUT2D eigenvalue weighted by atomic mass is 10.2. The summed E-state index contributed by atoms with van der Waals surface area (Å²) in [4.78, 5) is 11.1. The van der Waals surface area contributed by atoms with E-state index in [1.807, 2.05) is 24.3 Å². The Morgan fingerprint density at radius 1 is 1.33 bits per heavy atom. The van der Waals surface area contributed by atoms with Gasteiger partial charge in [0.25, 0.3) is 0 Å². The van der Waals surface area contributed by atoms with Gasteiger partial charge >= 0.3 is 0 Å². The van der Waals surface area contributed by atoms with Crippen molar-refractivity contribution in [2.75, 3.05) is 0 Å². The van der Waals surface area contributed by atoms with Crippen LogP contribution in [0.2, 0.25) is 0 Å². The SMILES string of the molecule is O=Cc1oc2ccccc2c1S. The molecule has 0 atom stereocenters. The average molecular weight is 178 g/mol. The fourth-order valence-electron chi connectivity index (χ4n) is 1.13. The molecule has 12 heavy (non-hydrogen) atoms. The molecule has 0 N–H and O–H groups in total. The van der Waals surface area contributed by atoms with Crippen LogP contribution in [-0.4, -0.2) is 6.29 Å². The topological polar surface area (TPSA) is 30.2 Å². The minimum absolute atomic E-state index is 0.291. The molecule has 0 bridgehead atoms. The molecule has 0 unspecified atom stereocenters. The Hall–Kier alpha value is -1.22. The number of furan rings is 1. The molecule has 1 aromatic carbocycles. The smallest absolute Gasteiger partial charge is 0.186 e. The van der Waals surface area contributed by atoms with Gasteiger partial charge in [-0.1, -0.05) is 12.1 Å². The molecule has 1 heterocycles. The highest BCUT2D eigenvalue weighted by Crippen LogP contribution is 2.27. The van der Waals surface area contributed by atoms with Gasteiger partial charge in [0.05, 0.1) is 4.90 Å². The third kappa shape index (κ3) is 0.940. The second kappa shape index (κ2) is 2.68. The number of aldehydes is 1. The first-order chi connectivity index (χ1) is 5.83. The second-order valence-corrected chi connectivity index (χ2v) is 2.88. The predicted octanol–water partition coefficient (Wildman–Crippen LogP) is 2.53. The van der Waals surface area contributed by atoms with Crippen LogP contribution < -0.4 is 0 Å². The van der Waals surface area contributed by atoms with Gasteiger partial charge in [-0.3, -0.25) is 4.79 Å². The number of hydrogen-bond donors (Lipinski definition) is 1. The van der Waals surface area contributed by atoms with Crippen molar-refractivity contribution in [3.05, 3.63) is 30.0 Å². The first-order valence-corrected chi connectivity index (χ1v) is 3.93. The summed E-state index contributed by atoms with van der Waals surface area (Å²) in [7, 11) is 0. The van der Waals surface area contributed by atoms with Crippen LogP contribution >= 0.6 is 12.6 Å². The highest BCUT2D eigenvalue weighted by molar-refractivity contribution is 7.80. The average Bonchev–Trinajstić information content (AvgIpc) is 2.44. The van der Waals surface area contributed by atoms with E-state index in [0.717, 1.165) is 5.39 Å². The molecule has 0 saturated carbocycles. The van der Waals surface area contributed by atoms with Crippen molar-refractivity contribution in [3.63, 3.8) is 0 Å². The molecule has 0 radical (unpaired) electrons. The standard InChI is InChI=1S/C9H6O2S/c10-5-8-9(12)6-3-1-2-4-7(6)11-8/h1-5,12H. The lowest BCUT2D eigenvalue weighted by Gasteiger charge is -1.84. The molecular formula is C9H6O2S. The second-order valence-electron chi connectivity index (χ2n) is 2.43. The number of para-hydroxylation sites is 1. The maximum absolute atomic E-state index is 10.5. The Labute approximate surface area is 74.6 Å². The summed E-state index contributed by atoms with van der Waals surface area (Å²) in [5, 5.41) is 0.878. The number of carbonyl (C=O) groups excluding carboxylic acids is 1. The third-order valence-electron chi connectivity index (χ3n) is 1.70. The van der Waals surface area contributed by atoms with E-state index >= 15 is 0 Å². The van der Waals surface area contributed by atoms with Crippen molar-refractivity contribution in [3.8, 4) is 0 Å². The molecule has 0 fully saturated rings. The van der Waals surface area contributed by atoms with Crippen LogP contribution in [0.3, 0.4) is 0 Å². The lowest BCUT2D eigenvalue weighted by Crippen LogP contribution is -1.71. The summed E-state index contributed by atoms with van der Waals surface area (Å²) in [5.41, 5.74) is 0.699. The van der Waals surface area contributed by atoms with E-state index < -0.39 is 0 Å². The van der Waals surface area contributed by atoms with E-state index in [0.29, 0.717) is 22.5 Å². The summed E-state index contributed by atoms with van der Waals surface area (Å²) in [6.45, 7) is 0. The van der Waals surface area contributed by atoms with Crippen molar-refractivity contribution < 1.29 is 9.21 Å². The molecule has 0 spiro atoms. The fourth-order valence-corrected chi connectivity index (χ4v) is 1.41. The van der Waals surface area contributed by atoms with E-state index in [-0.39, 0.29) is 0 Å². The number of fused-ring (bicyclic) bond motifs is 1. The summed E-state index contributed by atoms with van der Waals surface area (Å²) in [5.74, 6) is 0.291. The molecule has 3 heteroatoms. The molecule has 60 valence electrons. The zero-order valence-electron chi connectivity index (χ0n) is 6.15. The normalized spacial score (nSPS) is 10.4. The lowest BCUT2D eigenvalue weighted by molar-refractivity contribution is 0.109. The van der Waals surface area contributed by atoms with Gasteiger partial charge in [0.1, 0.15) is 5.58 Å². The van der Waals surface area contributed by atoms with Gasteiger partial charge < -0.3 is 4.42 Å². The van der Waals surface area contributed by atoms with Crippen LogP contribution in [0.5, 0.6) is 0 Å². The molecule has 1 aromatic heterocycles. The van der Waals surface area contributed by atoms with Gasteiger partial charge in [0.15, 0.2) is 12.0 Å². The third-order valence-corrected chi connectivity index (χ3v) is 2.16. The zero-order valence-corrected chi connectivity index (χ0v) is 7.04. The van der Waals surface area contributed by atoms with Crippen LogP contribution in [-0.2, 0) is 0 Å². The highest BCUT2D eigenvalue weighted by atomic mass is 32.1. The summed E-state index contributed by atoms with van der Waals surface area (Å²) in [6.07, 6.45) is 0.669. The van der Waals surface area contributed by atoms with Crippen molar-refractivity contribution in [1.29, 1.82) is 0 Å². The van der Waals surface area contributed by atoms with Crippen molar-refractivity contribution in [1.82, 2.24) is 0 Å². The summed E-state index contributed by atoms with van der Waals surface area (Å²) >= 11 is 4.17. The number of benzene rings is 1. The number of rotatable bonds is 1. The first kappa shape index (κ1) is 7.43. The van der Waals surface area contributed by atoms with Crippen LogP contribution in [0.25, 0.3) is 11.0 Å². The Bertz CT molecular complexity index is 431. The van der Waals surface area contributed by atoms with E-state index in [2.05, 4.69) is 12.6 Å². The van der Waals surface area contributed by atoms with E-state index in [9.17, 15) is 4.79 Å². The molecular weight excluding hydrogens is 172 g/mol. The number of thiol groups is 1. The van der Waals surface area contributed by atoms with E-state index in [1.165, 1.54) is 0 Å². The first-order valence-electron chi connectivity index (χ1n) is 3.48. The maximum atomic E-state index is 10.5. The van der Waals surface area contributed by atoms with Crippen LogP contribution in [0, 0.1) is 0 Å². The largest absolute Gasteiger partial charge is 0.452 e. The van der Waals surface area contributed by atoms with Crippen LogP contribution in [0.4, 0.5) is 0 Å². The quantitative estimate of drug-likeness (QED) is 0.537. The monoisotopic (exact) mass is 178 g/mol. The van der Waals surface area contributed by atoms with Crippen LogP contribution in [0.1, 0.15) is 10.6 Å². The molecule has 0 amide bonds. The van der Waals surface area contributed by atoms with Gasteiger partial charge in [-0.25, -0.2) is 0 Å². The number of carbonyl (C=O) groups is 1. The van der Waals surface area contributed by atoms with Crippen molar-refractivity contribution in [2.24, 2.45) is 0 Å². The van der Waals surface area contributed by atoms with Gasteiger partial charge in [-0.15, -0.1) is 12.6 Å². The minimum atomic E-state index is 0.291. The Balaban J connectivity index is 2.87. The van der Waals surface area contributed by atoms with Crippen molar-refractivity contribution in [2.45, 2.75) is 4.90 Å². The van der Waals surface area contributed by atoms with E-state index in [4.69, 9.17) is 4.42 Å². The Morgan fingerprint density at radius 2 is 2.08 bits per heavy atom. The van der Waals surface area contributed by atoms with E-state index in [1.54, 1.807) is 0 Å². The molecule has 2 nitrogen and oxygen atoms in total. The molecule has 0 aliphatic carbocycles. The minimum Gasteiger partial charge on any atom is -0.452 e. The van der Waals surface area contributed by atoms with Crippen LogP contribution in [0.15, 0.2) is 33.6 Å². The molecule has 2 rings (SSSR count). The maximum Gasteiger partial charge on any atom is 0.186 e. The summed E-state index contributed by atoms with van der Waals surface area (Å²) in [6, 6.07) is 7.41. The number of hydrogen-bond acceptors (Lipinski definition) is 3. The fraction of sp³-hybridized carbons (Fsp3) is 0. The van der Waals surface area contributed by atoms with Crippen molar-refractivity contribution >= 4 is 29.9 Å². The molecule has 0 aliphatic heterocycles. The van der Waals surface area contributed by atoms with Gasteiger partial charge in [0.2, 0.25) is 0 Å². The zero-order chi connectivity index (χ0) is 8.55.